The highest BCUT2D eigenvalue weighted by atomic mass is 32.2. The van der Waals surface area contributed by atoms with E-state index in [1.807, 2.05) is 19.9 Å². The lowest BCUT2D eigenvalue weighted by atomic mass is 10.00. The minimum absolute atomic E-state index is 0.117. The molecule has 0 unspecified atom stereocenters. The van der Waals surface area contributed by atoms with Crippen molar-refractivity contribution < 1.29 is 13.2 Å². The van der Waals surface area contributed by atoms with E-state index >= 15 is 0 Å². The second-order valence-electron chi connectivity index (χ2n) is 4.31. The van der Waals surface area contributed by atoms with Crippen molar-refractivity contribution in [1.29, 1.82) is 0 Å². The van der Waals surface area contributed by atoms with Crippen molar-refractivity contribution in [3.05, 3.63) is 23.3 Å². The summed E-state index contributed by atoms with van der Waals surface area (Å²) in [5.41, 5.74) is 1.92. The van der Waals surface area contributed by atoms with Gasteiger partial charge in [0.05, 0.1) is 6.61 Å². The van der Waals surface area contributed by atoms with Crippen LogP contribution >= 0.6 is 0 Å². The van der Waals surface area contributed by atoms with Crippen LogP contribution in [0.2, 0.25) is 0 Å². The molecule has 1 aromatic rings. The van der Waals surface area contributed by atoms with Crippen molar-refractivity contribution in [2.45, 2.75) is 31.1 Å². The molecule has 0 radical (unpaired) electrons. The van der Waals surface area contributed by atoms with Gasteiger partial charge >= 0.3 is 0 Å². The molecule has 1 heterocycles. The second-order valence-corrected chi connectivity index (χ2v) is 5.84. The molecule has 0 aromatic heterocycles. The zero-order chi connectivity index (χ0) is 11.9. The van der Waals surface area contributed by atoms with Gasteiger partial charge in [0, 0.05) is 6.42 Å². The van der Waals surface area contributed by atoms with Crippen molar-refractivity contribution in [3.63, 3.8) is 0 Å². The maximum atomic E-state index is 11.5. The number of ether oxygens (including phenoxy) is 1. The molecule has 5 heteroatoms. The minimum atomic E-state index is -3.71. The largest absolute Gasteiger partial charge is 0.492 e. The number of fused-ring (bicyclic) bond motifs is 1. The van der Waals surface area contributed by atoms with Gasteiger partial charge in [-0.25, -0.2) is 13.6 Å². The van der Waals surface area contributed by atoms with Gasteiger partial charge in [0.25, 0.3) is 0 Å². The van der Waals surface area contributed by atoms with Gasteiger partial charge in [-0.2, -0.15) is 0 Å². The van der Waals surface area contributed by atoms with Crippen molar-refractivity contribution in [1.82, 2.24) is 0 Å². The molecule has 0 amide bonds. The summed E-state index contributed by atoms with van der Waals surface area (Å²) in [4.78, 5) is 0.117. The Morgan fingerprint density at radius 2 is 2.06 bits per heavy atom. The molecule has 0 spiro atoms. The van der Waals surface area contributed by atoms with Gasteiger partial charge in [0.15, 0.2) is 0 Å². The van der Waals surface area contributed by atoms with E-state index in [-0.39, 0.29) is 10.8 Å². The lowest BCUT2D eigenvalue weighted by Crippen LogP contribution is -2.14. The van der Waals surface area contributed by atoms with E-state index in [4.69, 9.17) is 9.88 Å². The maximum absolute atomic E-state index is 11.5. The molecule has 0 aliphatic carbocycles. The standard InChI is InChI=1S/C11H15NO3S/c1-7(2)9-5-8-3-4-15-11(8)10(6-9)16(12,13)14/h5-7H,3-4H2,1-2H3,(H2,12,13,14). The van der Waals surface area contributed by atoms with Crippen molar-refractivity contribution in [2.75, 3.05) is 6.61 Å². The number of hydrogen-bond donors (Lipinski definition) is 1. The Hall–Kier alpha value is -1.07. The molecule has 88 valence electrons. The number of benzene rings is 1. The first kappa shape index (κ1) is 11.4. The molecule has 1 aliphatic heterocycles. The molecule has 0 atom stereocenters. The topological polar surface area (TPSA) is 69.4 Å². The van der Waals surface area contributed by atoms with Crippen LogP contribution in [0.4, 0.5) is 0 Å². The van der Waals surface area contributed by atoms with Crippen LogP contribution in [-0.2, 0) is 16.4 Å². The number of primary sulfonamides is 1. The maximum Gasteiger partial charge on any atom is 0.241 e. The molecule has 0 saturated carbocycles. The fraction of sp³-hybridized carbons (Fsp3) is 0.455. The van der Waals surface area contributed by atoms with Crippen LogP contribution in [0.3, 0.4) is 0 Å². The van der Waals surface area contributed by atoms with Crippen LogP contribution in [0.15, 0.2) is 17.0 Å². The van der Waals surface area contributed by atoms with E-state index in [0.717, 1.165) is 17.5 Å². The summed E-state index contributed by atoms with van der Waals surface area (Å²) in [5, 5.41) is 5.19. The number of rotatable bonds is 2. The number of hydrogen-bond acceptors (Lipinski definition) is 3. The monoisotopic (exact) mass is 241 g/mol. The van der Waals surface area contributed by atoms with Crippen LogP contribution in [0.1, 0.15) is 30.9 Å². The smallest absolute Gasteiger partial charge is 0.241 e. The van der Waals surface area contributed by atoms with E-state index in [0.29, 0.717) is 12.4 Å². The molecule has 1 aliphatic rings. The summed E-state index contributed by atoms with van der Waals surface area (Å²) in [6.07, 6.45) is 0.748. The second kappa shape index (κ2) is 3.75. The fourth-order valence-electron chi connectivity index (χ4n) is 1.84. The van der Waals surface area contributed by atoms with Gasteiger partial charge in [0.1, 0.15) is 10.6 Å². The summed E-state index contributed by atoms with van der Waals surface area (Å²) in [5.74, 6) is 0.707. The molecule has 0 fully saturated rings. The zero-order valence-corrected chi connectivity index (χ0v) is 10.2. The Morgan fingerprint density at radius 3 is 2.62 bits per heavy atom. The van der Waals surface area contributed by atoms with Gasteiger partial charge < -0.3 is 4.74 Å². The first-order chi connectivity index (χ1) is 7.39. The average molecular weight is 241 g/mol. The first-order valence-electron chi connectivity index (χ1n) is 5.22. The van der Waals surface area contributed by atoms with Gasteiger partial charge in [-0.1, -0.05) is 19.9 Å². The lowest BCUT2D eigenvalue weighted by Gasteiger charge is -2.11. The third-order valence-corrected chi connectivity index (χ3v) is 3.66. The highest BCUT2D eigenvalue weighted by Crippen LogP contribution is 2.35. The summed E-state index contributed by atoms with van der Waals surface area (Å²) < 4.78 is 28.3. The van der Waals surface area contributed by atoms with Crippen molar-refractivity contribution >= 4 is 10.0 Å². The normalized spacial score (nSPS) is 15.0. The van der Waals surface area contributed by atoms with E-state index in [9.17, 15) is 8.42 Å². The SMILES string of the molecule is CC(C)c1cc2c(c(S(N)(=O)=O)c1)OCC2. The van der Waals surface area contributed by atoms with Crippen LogP contribution in [-0.4, -0.2) is 15.0 Å². The lowest BCUT2D eigenvalue weighted by molar-refractivity contribution is 0.348. The fourth-order valence-corrected chi connectivity index (χ4v) is 2.59. The molecule has 0 saturated heterocycles. The Bertz CT molecular complexity index is 520. The average Bonchev–Trinajstić information content (AvgIpc) is 2.61. The first-order valence-corrected chi connectivity index (χ1v) is 6.76. The molecule has 2 N–H and O–H groups in total. The minimum Gasteiger partial charge on any atom is -0.492 e. The third-order valence-electron chi connectivity index (χ3n) is 2.75. The van der Waals surface area contributed by atoms with Gasteiger partial charge in [0.2, 0.25) is 10.0 Å². The number of nitrogens with two attached hydrogens (primary N) is 1. The van der Waals surface area contributed by atoms with E-state index in [1.54, 1.807) is 6.07 Å². The highest BCUT2D eigenvalue weighted by molar-refractivity contribution is 7.89. The van der Waals surface area contributed by atoms with E-state index in [2.05, 4.69) is 0 Å². The third kappa shape index (κ3) is 1.92. The Balaban J connectivity index is 2.68. The Morgan fingerprint density at radius 1 is 1.38 bits per heavy atom. The van der Waals surface area contributed by atoms with E-state index < -0.39 is 10.0 Å². The summed E-state index contributed by atoms with van der Waals surface area (Å²) in [6, 6.07) is 3.62. The molecule has 0 bridgehead atoms. The zero-order valence-electron chi connectivity index (χ0n) is 9.36. The van der Waals surface area contributed by atoms with Crippen molar-refractivity contribution in [2.24, 2.45) is 5.14 Å². The van der Waals surface area contributed by atoms with Gasteiger partial charge in [-0.3, -0.25) is 0 Å². The Labute approximate surface area is 95.5 Å². The molecule has 1 aromatic carbocycles. The molecule has 4 nitrogen and oxygen atoms in total. The molecular formula is C11H15NO3S. The Kier molecular flexibility index (Phi) is 2.67. The van der Waals surface area contributed by atoms with Gasteiger partial charge in [-0.15, -0.1) is 0 Å². The van der Waals surface area contributed by atoms with Crippen LogP contribution < -0.4 is 9.88 Å². The molecule has 2 rings (SSSR count). The van der Waals surface area contributed by atoms with Gasteiger partial charge in [-0.05, 0) is 23.1 Å². The van der Waals surface area contributed by atoms with Crippen LogP contribution in [0.25, 0.3) is 0 Å². The highest BCUT2D eigenvalue weighted by Gasteiger charge is 2.24. The molecular weight excluding hydrogens is 226 g/mol. The summed E-state index contributed by atoms with van der Waals surface area (Å²) in [6.45, 7) is 4.56. The summed E-state index contributed by atoms with van der Waals surface area (Å²) >= 11 is 0. The summed E-state index contributed by atoms with van der Waals surface area (Å²) in [7, 11) is -3.71. The predicted octanol–water partition coefficient (Wildman–Crippen LogP) is 1.39. The molecule has 16 heavy (non-hydrogen) atoms. The quantitative estimate of drug-likeness (QED) is 0.850. The predicted molar refractivity (Wildman–Crippen MR) is 61.1 cm³/mol. The van der Waals surface area contributed by atoms with E-state index in [1.165, 1.54) is 0 Å². The van der Waals surface area contributed by atoms with Crippen LogP contribution in [0, 0.1) is 0 Å². The number of sulfonamides is 1. The van der Waals surface area contributed by atoms with Crippen molar-refractivity contribution in [3.8, 4) is 5.75 Å². The van der Waals surface area contributed by atoms with Crippen LogP contribution in [0.5, 0.6) is 5.75 Å².